The first kappa shape index (κ1) is 22.0. The highest BCUT2D eigenvalue weighted by molar-refractivity contribution is 9.10. The Bertz CT molecular complexity index is 1170. The Kier molecular flexibility index (Phi) is 5.77. The maximum Gasteiger partial charge on any atom is 0.410 e. The quantitative estimate of drug-likeness (QED) is 0.485. The van der Waals surface area contributed by atoms with Crippen molar-refractivity contribution in [2.45, 2.75) is 18.4 Å². The van der Waals surface area contributed by atoms with Gasteiger partial charge in [-0.1, -0.05) is 70.5 Å². The molecule has 5 nitrogen and oxygen atoms in total. The number of amides is 1. The molecule has 0 spiro atoms. The lowest BCUT2D eigenvalue weighted by molar-refractivity contribution is -0.149. The lowest BCUT2D eigenvalue weighted by Crippen LogP contribution is -2.51. The van der Waals surface area contributed by atoms with E-state index in [4.69, 9.17) is 4.74 Å². The van der Waals surface area contributed by atoms with Gasteiger partial charge in [0.1, 0.15) is 12.4 Å². The summed E-state index contributed by atoms with van der Waals surface area (Å²) >= 11 is 3.22. The lowest BCUT2D eigenvalue weighted by atomic mass is 9.90. The molecule has 0 aliphatic heterocycles. The van der Waals surface area contributed by atoms with Crippen LogP contribution in [0.4, 0.5) is 9.18 Å². The minimum Gasteiger partial charge on any atom is -0.479 e. The molecule has 0 saturated heterocycles. The smallest absolute Gasteiger partial charge is 0.410 e. The average molecular weight is 498 g/mol. The normalized spacial score (nSPS) is 14.2. The summed E-state index contributed by atoms with van der Waals surface area (Å²) < 4.78 is 19.4. The zero-order chi connectivity index (χ0) is 23.0. The van der Waals surface area contributed by atoms with E-state index in [1.54, 1.807) is 0 Å². The van der Waals surface area contributed by atoms with Crippen molar-refractivity contribution in [3.63, 3.8) is 0 Å². The van der Waals surface area contributed by atoms with E-state index in [0.717, 1.165) is 33.2 Å². The minimum atomic E-state index is -1.77. The number of aliphatic carboxylic acids is 1. The molecule has 1 atom stereocenters. The van der Waals surface area contributed by atoms with Gasteiger partial charge in [-0.05, 0) is 41.3 Å². The average Bonchev–Trinajstić information content (AvgIpc) is 3.10. The summed E-state index contributed by atoms with van der Waals surface area (Å²) in [5.74, 6) is -1.92. The predicted octanol–water partition coefficient (Wildman–Crippen LogP) is 5.77. The van der Waals surface area contributed by atoms with Crippen molar-refractivity contribution in [1.82, 2.24) is 4.90 Å². The number of carboxylic acid groups (broad SMARTS) is 1. The van der Waals surface area contributed by atoms with Crippen LogP contribution in [0, 0.1) is 5.82 Å². The molecule has 3 aromatic carbocycles. The van der Waals surface area contributed by atoms with E-state index in [2.05, 4.69) is 15.9 Å². The van der Waals surface area contributed by atoms with Crippen LogP contribution in [0.5, 0.6) is 0 Å². The molecule has 3 aromatic rings. The van der Waals surface area contributed by atoms with Crippen molar-refractivity contribution in [2.24, 2.45) is 0 Å². The molecule has 1 aliphatic carbocycles. The fourth-order valence-corrected chi connectivity index (χ4v) is 4.93. The van der Waals surface area contributed by atoms with Crippen LogP contribution in [0.25, 0.3) is 11.1 Å². The summed E-state index contributed by atoms with van der Waals surface area (Å²) in [6.07, 6.45) is -0.784. The summed E-state index contributed by atoms with van der Waals surface area (Å²) in [4.78, 5) is 26.2. The highest BCUT2D eigenvalue weighted by Gasteiger charge is 2.44. The van der Waals surface area contributed by atoms with Crippen LogP contribution in [-0.4, -0.2) is 35.7 Å². The van der Waals surface area contributed by atoms with E-state index < -0.39 is 23.4 Å². The first-order valence-corrected chi connectivity index (χ1v) is 10.8. The van der Waals surface area contributed by atoms with Crippen LogP contribution in [0.3, 0.4) is 0 Å². The van der Waals surface area contributed by atoms with Crippen molar-refractivity contribution in [3.8, 4) is 11.1 Å². The number of benzene rings is 3. The number of hydrogen-bond donors (Lipinski definition) is 1. The highest BCUT2D eigenvalue weighted by Crippen LogP contribution is 2.44. The van der Waals surface area contributed by atoms with Crippen molar-refractivity contribution < 1.29 is 23.8 Å². The van der Waals surface area contributed by atoms with E-state index in [-0.39, 0.29) is 22.6 Å². The number of halogens is 2. The summed E-state index contributed by atoms with van der Waals surface area (Å²) in [6, 6.07) is 19.6. The Morgan fingerprint density at radius 1 is 1.06 bits per heavy atom. The standard InChI is InChI=1S/C25H21BrFNO4/c1-25(23(29)30,21-12-11-15(27)13-22(21)26)28(2)24(31)32-14-20-18-9-5-3-7-16(18)17-8-4-6-10-19(17)20/h3-13,20H,14H2,1-2H3,(H,29,30). The Hall–Kier alpha value is -3.19. The van der Waals surface area contributed by atoms with Gasteiger partial charge in [0.15, 0.2) is 5.54 Å². The minimum absolute atomic E-state index is 0.0670. The third-order valence-corrected chi connectivity index (χ3v) is 6.81. The number of carbonyl (C=O) groups is 2. The highest BCUT2D eigenvalue weighted by atomic mass is 79.9. The molecule has 7 heteroatoms. The predicted molar refractivity (Wildman–Crippen MR) is 122 cm³/mol. The molecule has 1 unspecified atom stereocenters. The van der Waals surface area contributed by atoms with Gasteiger partial charge in [0.2, 0.25) is 0 Å². The van der Waals surface area contributed by atoms with Gasteiger partial charge in [-0.25, -0.2) is 14.0 Å². The maximum absolute atomic E-state index is 13.5. The monoisotopic (exact) mass is 497 g/mol. The van der Waals surface area contributed by atoms with Gasteiger partial charge >= 0.3 is 12.1 Å². The number of nitrogens with zero attached hydrogens (tertiary/aromatic N) is 1. The molecule has 0 fully saturated rings. The van der Waals surface area contributed by atoms with Gasteiger partial charge < -0.3 is 9.84 Å². The second kappa shape index (κ2) is 8.39. The first-order valence-electron chi connectivity index (χ1n) is 10.0. The van der Waals surface area contributed by atoms with Crippen LogP contribution in [0.15, 0.2) is 71.2 Å². The molecule has 1 N–H and O–H groups in total. The van der Waals surface area contributed by atoms with E-state index in [0.29, 0.717) is 0 Å². The molecular weight excluding hydrogens is 477 g/mol. The molecule has 4 rings (SSSR count). The van der Waals surface area contributed by atoms with Gasteiger partial charge in [0, 0.05) is 23.0 Å². The summed E-state index contributed by atoms with van der Waals surface area (Å²) in [6.45, 7) is 1.45. The number of ether oxygens (including phenoxy) is 1. The van der Waals surface area contributed by atoms with Crippen molar-refractivity contribution in [1.29, 1.82) is 0 Å². The zero-order valence-electron chi connectivity index (χ0n) is 17.5. The fraction of sp³-hybridized carbons (Fsp3) is 0.200. The molecule has 0 bridgehead atoms. The molecule has 164 valence electrons. The van der Waals surface area contributed by atoms with Crippen molar-refractivity contribution in [3.05, 3.63) is 93.7 Å². The Morgan fingerprint density at radius 2 is 1.62 bits per heavy atom. The maximum atomic E-state index is 13.5. The van der Waals surface area contributed by atoms with Gasteiger partial charge in [0.05, 0.1) is 0 Å². The van der Waals surface area contributed by atoms with Crippen LogP contribution in [-0.2, 0) is 15.1 Å². The lowest BCUT2D eigenvalue weighted by Gasteiger charge is -2.35. The van der Waals surface area contributed by atoms with Crippen LogP contribution < -0.4 is 0 Å². The first-order chi connectivity index (χ1) is 15.2. The molecule has 0 heterocycles. The van der Waals surface area contributed by atoms with Gasteiger partial charge in [0.25, 0.3) is 0 Å². The fourth-order valence-electron chi connectivity index (χ4n) is 4.20. The van der Waals surface area contributed by atoms with Gasteiger partial charge in [-0.15, -0.1) is 0 Å². The third kappa shape index (κ3) is 3.56. The molecule has 1 aliphatic rings. The van der Waals surface area contributed by atoms with E-state index in [9.17, 15) is 19.1 Å². The molecule has 0 aromatic heterocycles. The number of hydrogen-bond acceptors (Lipinski definition) is 3. The molecule has 0 saturated carbocycles. The number of likely N-dealkylation sites (N-methyl/N-ethyl adjacent to an activating group) is 1. The van der Waals surface area contributed by atoms with Crippen LogP contribution >= 0.6 is 15.9 Å². The summed E-state index contributed by atoms with van der Waals surface area (Å²) in [7, 11) is 1.36. The number of rotatable bonds is 5. The van der Waals surface area contributed by atoms with Gasteiger partial charge in [-0.2, -0.15) is 0 Å². The van der Waals surface area contributed by atoms with Crippen LogP contribution in [0.2, 0.25) is 0 Å². The topological polar surface area (TPSA) is 66.8 Å². The molecule has 0 radical (unpaired) electrons. The van der Waals surface area contributed by atoms with Crippen molar-refractivity contribution in [2.75, 3.05) is 13.7 Å². The Balaban J connectivity index is 1.59. The Labute approximate surface area is 193 Å². The van der Waals surface area contributed by atoms with E-state index >= 15 is 0 Å². The second-order valence-corrected chi connectivity index (χ2v) is 8.72. The molecular formula is C25H21BrFNO4. The van der Waals surface area contributed by atoms with E-state index in [1.807, 2.05) is 48.5 Å². The Morgan fingerprint density at radius 3 is 2.16 bits per heavy atom. The summed E-state index contributed by atoms with van der Waals surface area (Å²) in [5, 5.41) is 9.98. The SMILES string of the molecule is CN(C(=O)OCC1c2ccccc2-c2ccccc21)C(C)(C(=O)O)c1ccc(F)cc1Br. The number of carbonyl (C=O) groups excluding carboxylic acids is 1. The second-order valence-electron chi connectivity index (χ2n) is 7.86. The van der Waals surface area contributed by atoms with E-state index in [1.165, 1.54) is 26.1 Å². The third-order valence-electron chi connectivity index (χ3n) is 6.15. The number of carboxylic acids is 1. The van der Waals surface area contributed by atoms with Crippen molar-refractivity contribution >= 4 is 28.0 Å². The number of fused-ring (bicyclic) bond motifs is 3. The molecule has 1 amide bonds. The summed E-state index contributed by atoms with van der Waals surface area (Å²) in [5.41, 5.74) is 2.79. The largest absolute Gasteiger partial charge is 0.479 e. The van der Waals surface area contributed by atoms with Gasteiger partial charge in [-0.3, -0.25) is 4.90 Å². The molecule has 32 heavy (non-hydrogen) atoms. The zero-order valence-corrected chi connectivity index (χ0v) is 19.1. The van der Waals surface area contributed by atoms with Crippen LogP contribution in [0.1, 0.15) is 29.5 Å².